The Morgan fingerprint density at radius 2 is 2.15 bits per heavy atom. The van der Waals surface area contributed by atoms with E-state index in [-0.39, 0.29) is 6.61 Å². The number of nitrogens with zero attached hydrogens (tertiary/aromatic N) is 1. The van der Waals surface area contributed by atoms with Gasteiger partial charge in [-0.15, -0.1) is 0 Å². The molecule has 1 saturated heterocycles. The van der Waals surface area contributed by atoms with Crippen molar-refractivity contribution in [3.05, 3.63) is 65.2 Å². The first kappa shape index (κ1) is 17.1. The second-order valence-corrected chi connectivity index (χ2v) is 6.98. The van der Waals surface area contributed by atoms with Crippen LogP contribution < -0.4 is 15.0 Å². The molecule has 0 saturated carbocycles. The van der Waals surface area contributed by atoms with Crippen molar-refractivity contribution in [1.82, 2.24) is 5.32 Å². The quantitative estimate of drug-likeness (QED) is 0.890. The number of hydrogen-bond donors (Lipinski definition) is 2. The maximum atomic E-state index is 9.23. The fourth-order valence-electron chi connectivity index (χ4n) is 4.38. The third-order valence-corrected chi connectivity index (χ3v) is 5.58. The molecule has 136 valence electrons. The van der Waals surface area contributed by atoms with Crippen LogP contribution in [0.2, 0.25) is 0 Å². The van der Waals surface area contributed by atoms with Crippen LogP contribution in [0.15, 0.2) is 48.5 Å². The molecule has 2 unspecified atom stereocenters. The fourth-order valence-corrected chi connectivity index (χ4v) is 4.38. The van der Waals surface area contributed by atoms with Crippen LogP contribution in [0.3, 0.4) is 0 Å². The van der Waals surface area contributed by atoms with Crippen molar-refractivity contribution in [2.24, 2.45) is 0 Å². The summed E-state index contributed by atoms with van der Waals surface area (Å²) in [6.45, 7) is 3.04. The summed E-state index contributed by atoms with van der Waals surface area (Å²) in [7, 11) is 1.69. The summed E-state index contributed by atoms with van der Waals surface area (Å²) in [5.74, 6) is 1.23. The van der Waals surface area contributed by atoms with E-state index in [1.807, 2.05) is 12.1 Å². The van der Waals surface area contributed by atoms with Crippen LogP contribution in [0.1, 0.15) is 22.6 Å². The number of aliphatic hydroxyl groups is 1. The average Bonchev–Trinajstić information content (AvgIpc) is 2.92. The topological polar surface area (TPSA) is 44.7 Å². The molecular weight excluding hydrogens is 324 g/mol. The molecule has 4 rings (SSSR count). The van der Waals surface area contributed by atoms with Crippen LogP contribution in [0, 0.1) is 0 Å². The van der Waals surface area contributed by atoms with E-state index in [4.69, 9.17) is 4.74 Å². The first-order valence-corrected chi connectivity index (χ1v) is 9.32. The second kappa shape index (κ2) is 7.52. The summed E-state index contributed by atoms with van der Waals surface area (Å²) >= 11 is 0. The smallest absolute Gasteiger partial charge is 0.119 e. The minimum atomic E-state index is 0.0422. The van der Waals surface area contributed by atoms with Gasteiger partial charge in [-0.1, -0.05) is 36.4 Å². The summed E-state index contributed by atoms with van der Waals surface area (Å²) in [6.07, 6.45) is 4.89. The van der Waals surface area contributed by atoms with Gasteiger partial charge in [-0.25, -0.2) is 0 Å². The average molecular weight is 350 g/mol. The van der Waals surface area contributed by atoms with E-state index in [0.717, 1.165) is 37.4 Å². The maximum absolute atomic E-state index is 9.23. The van der Waals surface area contributed by atoms with Crippen molar-refractivity contribution in [1.29, 1.82) is 0 Å². The first-order valence-electron chi connectivity index (χ1n) is 9.32. The lowest BCUT2D eigenvalue weighted by Gasteiger charge is -2.31. The Morgan fingerprint density at radius 3 is 3.00 bits per heavy atom. The molecule has 0 radical (unpaired) electrons. The van der Waals surface area contributed by atoms with E-state index in [9.17, 15) is 5.11 Å². The molecule has 26 heavy (non-hydrogen) atoms. The molecule has 0 spiro atoms. The number of rotatable bonds is 4. The van der Waals surface area contributed by atoms with Crippen LogP contribution >= 0.6 is 0 Å². The molecule has 2 heterocycles. The van der Waals surface area contributed by atoms with Crippen LogP contribution in [0.4, 0.5) is 5.69 Å². The van der Waals surface area contributed by atoms with Gasteiger partial charge in [-0.3, -0.25) is 0 Å². The molecule has 2 aromatic carbocycles. The molecule has 0 aliphatic carbocycles. The molecular formula is C22H26N2O2. The molecule has 2 aliphatic heterocycles. The zero-order chi connectivity index (χ0) is 17.9. The van der Waals surface area contributed by atoms with Gasteiger partial charge in [0.2, 0.25) is 0 Å². The zero-order valence-electron chi connectivity index (χ0n) is 15.2. The largest absolute Gasteiger partial charge is 0.497 e. The van der Waals surface area contributed by atoms with E-state index >= 15 is 0 Å². The number of anilines is 1. The number of benzene rings is 2. The number of aliphatic hydroxyl groups excluding tert-OH is 1. The Labute approximate surface area is 155 Å². The number of hydrogen-bond acceptors (Lipinski definition) is 4. The Hall–Kier alpha value is -2.30. The number of ether oxygens (including phenoxy) is 1. The lowest BCUT2D eigenvalue weighted by Crippen LogP contribution is -2.37. The lowest BCUT2D eigenvalue weighted by molar-refractivity contribution is 0.343. The normalized spacial score (nSPS) is 22.2. The van der Waals surface area contributed by atoms with Gasteiger partial charge in [-0.2, -0.15) is 0 Å². The van der Waals surface area contributed by atoms with E-state index in [1.165, 1.54) is 16.8 Å². The third-order valence-electron chi connectivity index (χ3n) is 5.58. The summed E-state index contributed by atoms with van der Waals surface area (Å²) in [4.78, 5) is 2.57. The van der Waals surface area contributed by atoms with Crippen molar-refractivity contribution in [3.63, 3.8) is 0 Å². The number of fused-ring (bicyclic) bond motifs is 3. The minimum absolute atomic E-state index is 0.0422. The highest BCUT2D eigenvalue weighted by Gasteiger charge is 2.37. The minimum Gasteiger partial charge on any atom is -0.497 e. The van der Waals surface area contributed by atoms with E-state index in [2.05, 4.69) is 46.6 Å². The first-order chi connectivity index (χ1) is 12.8. The Balaban J connectivity index is 1.74. The molecule has 2 N–H and O–H groups in total. The van der Waals surface area contributed by atoms with Crippen LogP contribution in [0.5, 0.6) is 5.75 Å². The van der Waals surface area contributed by atoms with Gasteiger partial charge in [0.15, 0.2) is 0 Å². The number of methoxy groups -OCH3 is 1. The molecule has 2 aromatic rings. The van der Waals surface area contributed by atoms with Gasteiger partial charge in [-0.05, 0) is 41.3 Å². The van der Waals surface area contributed by atoms with Crippen LogP contribution in [-0.4, -0.2) is 44.5 Å². The molecule has 4 heteroatoms. The van der Waals surface area contributed by atoms with E-state index in [0.29, 0.717) is 12.0 Å². The fraction of sp³-hybridized carbons (Fsp3) is 0.364. The Morgan fingerprint density at radius 1 is 1.27 bits per heavy atom. The van der Waals surface area contributed by atoms with Gasteiger partial charge in [0, 0.05) is 37.3 Å². The number of nitrogens with one attached hydrogen (secondary N) is 1. The van der Waals surface area contributed by atoms with Crippen molar-refractivity contribution in [3.8, 4) is 5.75 Å². The summed E-state index contributed by atoms with van der Waals surface area (Å²) in [5, 5.41) is 12.9. The van der Waals surface area contributed by atoms with Crippen LogP contribution in [0.25, 0.3) is 6.08 Å². The highest BCUT2D eigenvalue weighted by atomic mass is 16.5. The predicted octanol–water partition coefficient (Wildman–Crippen LogP) is 2.82. The molecule has 0 aromatic heterocycles. The summed E-state index contributed by atoms with van der Waals surface area (Å²) < 4.78 is 5.42. The standard InChI is InChI=1S/C22H26N2O2/c1-26-18-8-9-19(16(13-18)6-4-12-25)20-15-23-10-11-24-21-7-3-2-5-17(21)14-22(20)24/h2-9,13,20,22-23,25H,10-12,14-15H2,1H3. The number of para-hydroxylation sites is 1. The Bertz CT molecular complexity index is 802. The summed E-state index contributed by atoms with van der Waals surface area (Å²) in [6, 6.07) is 15.5. The van der Waals surface area contributed by atoms with Gasteiger partial charge in [0.25, 0.3) is 0 Å². The molecule has 4 nitrogen and oxygen atoms in total. The third kappa shape index (κ3) is 3.11. The summed E-state index contributed by atoms with van der Waals surface area (Å²) in [5.41, 5.74) is 5.27. The van der Waals surface area contributed by atoms with Crippen molar-refractivity contribution in [2.75, 3.05) is 38.3 Å². The zero-order valence-corrected chi connectivity index (χ0v) is 15.2. The highest BCUT2D eigenvalue weighted by molar-refractivity contribution is 5.63. The van der Waals surface area contributed by atoms with Crippen molar-refractivity contribution < 1.29 is 9.84 Å². The highest BCUT2D eigenvalue weighted by Crippen LogP contribution is 2.40. The molecule has 2 aliphatic rings. The molecule has 1 fully saturated rings. The predicted molar refractivity (Wildman–Crippen MR) is 106 cm³/mol. The van der Waals surface area contributed by atoms with Crippen molar-refractivity contribution in [2.45, 2.75) is 18.4 Å². The van der Waals surface area contributed by atoms with Crippen molar-refractivity contribution >= 4 is 11.8 Å². The SMILES string of the molecule is COc1ccc(C2CNCCN3c4ccccc4CC23)c(C=CCO)c1. The van der Waals surface area contributed by atoms with E-state index in [1.54, 1.807) is 13.2 Å². The Kier molecular flexibility index (Phi) is 4.96. The molecule has 0 bridgehead atoms. The lowest BCUT2D eigenvalue weighted by atomic mass is 9.86. The molecule has 0 amide bonds. The van der Waals surface area contributed by atoms with E-state index < -0.39 is 0 Å². The van der Waals surface area contributed by atoms with Gasteiger partial charge in [0.05, 0.1) is 13.7 Å². The monoisotopic (exact) mass is 350 g/mol. The molecule has 2 atom stereocenters. The van der Waals surface area contributed by atoms with Gasteiger partial charge < -0.3 is 20.1 Å². The maximum Gasteiger partial charge on any atom is 0.119 e. The second-order valence-electron chi connectivity index (χ2n) is 6.98. The van der Waals surface area contributed by atoms with Gasteiger partial charge >= 0.3 is 0 Å². The van der Waals surface area contributed by atoms with Gasteiger partial charge in [0.1, 0.15) is 5.75 Å². The van der Waals surface area contributed by atoms with Crippen LogP contribution in [-0.2, 0) is 6.42 Å².